The van der Waals surface area contributed by atoms with Gasteiger partial charge in [0.2, 0.25) is 5.91 Å². The van der Waals surface area contributed by atoms with Gasteiger partial charge in [-0.25, -0.2) is 0 Å². The van der Waals surface area contributed by atoms with Crippen LogP contribution in [0.3, 0.4) is 0 Å². The van der Waals surface area contributed by atoms with E-state index < -0.39 is 0 Å². The molecule has 1 heterocycles. The molecule has 0 saturated carbocycles. The molecule has 0 radical (unpaired) electrons. The van der Waals surface area contributed by atoms with Gasteiger partial charge in [-0.1, -0.05) is 18.5 Å². The van der Waals surface area contributed by atoms with Crippen LogP contribution in [0.15, 0.2) is 18.2 Å². The molecule has 1 aliphatic rings. The highest BCUT2D eigenvalue weighted by atomic mass is 35.5. The average Bonchev–Trinajstić information content (AvgIpc) is 2.91. The van der Waals surface area contributed by atoms with Crippen LogP contribution in [0.4, 0.5) is 5.69 Å². The Balaban J connectivity index is 2.16. The van der Waals surface area contributed by atoms with Gasteiger partial charge in [-0.15, -0.1) is 0 Å². The highest BCUT2D eigenvalue weighted by molar-refractivity contribution is 6.31. The molecule has 2 amide bonds. The van der Waals surface area contributed by atoms with Crippen LogP contribution in [0, 0.1) is 5.92 Å². The van der Waals surface area contributed by atoms with E-state index in [9.17, 15) is 9.59 Å². The predicted octanol–water partition coefficient (Wildman–Crippen LogP) is 2.22. The van der Waals surface area contributed by atoms with E-state index in [1.165, 1.54) is 0 Å². The molecule has 2 rings (SSSR count). The van der Waals surface area contributed by atoms with Crippen molar-refractivity contribution in [3.8, 4) is 0 Å². The number of aliphatic hydroxyl groups excluding tert-OH is 1. The number of aliphatic hydroxyl groups is 1. The third kappa shape index (κ3) is 3.99. The van der Waals surface area contributed by atoms with E-state index >= 15 is 0 Å². The minimum absolute atomic E-state index is 0.0185. The first-order chi connectivity index (χ1) is 10.5. The third-order valence-electron chi connectivity index (χ3n) is 3.80. The molecule has 5 nitrogen and oxygen atoms in total. The molecule has 0 bridgehead atoms. The van der Waals surface area contributed by atoms with Crippen LogP contribution in [0.1, 0.15) is 36.5 Å². The smallest absolute Gasteiger partial charge is 0.253 e. The fraction of sp³-hybridized carbons (Fsp3) is 0.500. The van der Waals surface area contributed by atoms with E-state index in [-0.39, 0.29) is 24.3 Å². The van der Waals surface area contributed by atoms with Crippen molar-refractivity contribution >= 4 is 29.1 Å². The Morgan fingerprint density at radius 3 is 2.91 bits per heavy atom. The number of anilines is 1. The Bertz CT molecular complexity index is 562. The number of nitrogens with zero attached hydrogens (tertiary/aromatic N) is 1. The zero-order valence-corrected chi connectivity index (χ0v) is 13.4. The molecule has 120 valence electrons. The molecule has 22 heavy (non-hydrogen) atoms. The van der Waals surface area contributed by atoms with Gasteiger partial charge in [-0.05, 0) is 37.0 Å². The second kappa shape index (κ2) is 7.61. The second-order valence-corrected chi connectivity index (χ2v) is 6.07. The molecular formula is C16H21ClN2O3. The van der Waals surface area contributed by atoms with Crippen molar-refractivity contribution in [1.82, 2.24) is 5.32 Å². The van der Waals surface area contributed by atoms with Gasteiger partial charge in [0.25, 0.3) is 5.91 Å². The maximum Gasteiger partial charge on any atom is 0.253 e. The molecule has 1 fully saturated rings. The van der Waals surface area contributed by atoms with E-state index in [0.29, 0.717) is 42.2 Å². The Morgan fingerprint density at radius 2 is 2.27 bits per heavy atom. The molecular weight excluding hydrogens is 304 g/mol. The number of amides is 2. The number of nitrogens with one attached hydrogen (secondary N) is 1. The molecule has 1 unspecified atom stereocenters. The van der Waals surface area contributed by atoms with Crippen molar-refractivity contribution in [1.29, 1.82) is 0 Å². The summed E-state index contributed by atoms with van der Waals surface area (Å²) in [5.74, 6) is -0.0146. The Morgan fingerprint density at radius 1 is 1.50 bits per heavy atom. The van der Waals surface area contributed by atoms with Crippen molar-refractivity contribution in [3.63, 3.8) is 0 Å². The molecule has 1 aromatic carbocycles. The number of hydrogen-bond acceptors (Lipinski definition) is 3. The molecule has 1 aromatic rings. The molecule has 0 aromatic heterocycles. The lowest BCUT2D eigenvalue weighted by molar-refractivity contribution is -0.117. The fourth-order valence-electron chi connectivity index (χ4n) is 2.51. The normalized spacial score (nSPS) is 16.0. The first-order valence-corrected chi connectivity index (χ1v) is 7.89. The second-order valence-electron chi connectivity index (χ2n) is 5.64. The number of carbonyl (C=O) groups is 2. The minimum atomic E-state index is -0.226. The lowest BCUT2D eigenvalue weighted by atomic mass is 10.1. The summed E-state index contributed by atoms with van der Waals surface area (Å²) in [6, 6.07) is 4.96. The van der Waals surface area contributed by atoms with Crippen LogP contribution >= 0.6 is 11.6 Å². The SMILES string of the molecule is CC(CCO)CNC(=O)c1ccc(Cl)cc1N1CCCC1=O. The van der Waals surface area contributed by atoms with Crippen molar-refractivity contribution < 1.29 is 14.7 Å². The van der Waals surface area contributed by atoms with Crippen LogP contribution in [0.2, 0.25) is 5.02 Å². The highest BCUT2D eigenvalue weighted by Crippen LogP contribution is 2.28. The largest absolute Gasteiger partial charge is 0.396 e. The van der Waals surface area contributed by atoms with Gasteiger partial charge in [-0.3, -0.25) is 9.59 Å². The molecule has 0 aliphatic carbocycles. The molecule has 6 heteroatoms. The van der Waals surface area contributed by atoms with E-state index in [4.69, 9.17) is 16.7 Å². The summed E-state index contributed by atoms with van der Waals surface area (Å²) in [6.45, 7) is 3.16. The van der Waals surface area contributed by atoms with Crippen molar-refractivity contribution in [2.45, 2.75) is 26.2 Å². The number of halogens is 1. The van der Waals surface area contributed by atoms with Crippen molar-refractivity contribution in [3.05, 3.63) is 28.8 Å². The van der Waals surface area contributed by atoms with Gasteiger partial charge in [0.1, 0.15) is 0 Å². The fourth-order valence-corrected chi connectivity index (χ4v) is 2.67. The molecule has 0 spiro atoms. The van der Waals surface area contributed by atoms with Crippen LogP contribution in [-0.2, 0) is 4.79 Å². The summed E-state index contributed by atoms with van der Waals surface area (Å²) >= 11 is 6.02. The van der Waals surface area contributed by atoms with E-state index in [1.807, 2.05) is 6.92 Å². The van der Waals surface area contributed by atoms with Gasteiger partial charge in [-0.2, -0.15) is 0 Å². The number of benzene rings is 1. The first kappa shape index (κ1) is 16.8. The highest BCUT2D eigenvalue weighted by Gasteiger charge is 2.26. The van der Waals surface area contributed by atoms with E-state index in [1.54, 1.807) is 23.1 Å². The van der Waals surface area contributed by atoms with Crippen LogP contribution in [-0.4, -0.2) is 36.6 Å². The molecule has 2 N–H and O–H groups in total. The topological polar surface area (TPSA) is 69.6 Å². The Kier molecular flexibility index (Phi) is 5.80. The molecule has 1 aliphatic heterocycles. The zero-order chi connectivity index (χ0) is 16.1. The van der Waals surface area contributed by atoms with Gasteiger partial charge in [0, 0.05) is 31.1 Å². The standard InChI is InChI=1S/C16H21ClN2O3/c1-11(6-8-20)10-18-16(22)13-5-4-12(17)9-14(13)19-7-2-3-15(19)21/h4-5,9,11,20H,2-3,6-8,10H2,1H3,(H,18,22). The quantitative estimate of drug-likeness (QED) is 0.843. The lowest BCUT2D eigenvalue weighted by Crippen LogP contribution is -2.32. The van der Waals surface area contributed by atoms with Crippen molar-refractivity contribution in [2.75, 3.05) is 24.6 Å². The lowest BCUT2D eigenvalue weighted by Gasteiger charge is -2.20. The summed E-state index contributed by atoms with van der Waals surface area (Å²) < 4.78 is 0. The number of hydrogen-bond donors (Lipinski definition) is 2. The molecule has 1 atom stereocenters. The van der Waals surface area contributed by atoms with Gasteiger partial charge >= 0.3 is 0 Å². The first-order valence-electron chi connectivity index (χ1n) is 7.52. The van der Waals surface area contributed by atoms with Crippen LogP contribution in [0.5, 0.6) is 0 Å². The van der Waals surface area contributed by atoms with E-state index in [0.717, 1.165) is 6.42 Å². The average molecular weight is 325 g/mol. The number of rotatable bonds is 6. The van der Waals surface area contributed by atoms with Gasteiger partial charge in [0.05, 0.1) is 11.3 Å². The number of carbonyl (C=O) groups excluding carboxylic acids is 2. The predicted molar refractivity (Wildman–Crippen MR) is 86.2 cm³/mol. The maximum atomic E-state index is 12.4. The van der Waals surface area contributed by atoms with Crippen molar-refractivity contribution in [2.24, 2.45) is 5.92 Å². The third-order valence-corrected chi connectivity index (χ3v) is 4.04. The summed E-state index contributed by atoms with van der Waals surface area (Å²) in [7, 11) is 0. The van der Waals surface area contributed by atoms with Crippen LogP contribution in [0.25, 0.3) is 0 Å². The van der Waals surface area contributed by atoms with E-state index in [2.05, 4.69) is 5.32 Å². The molecule has 1 saturated heterocycles. The summed E-state index contributed by atoms with van der Waals surface area (Å²) in [5, 5.41) is 12.2. The summed E-state index contributed by atoms with van der Waals surface area (Å²) in [6.07, 6.45) is 1.93. The monoisotopic (exact) mass is 324 g/mol. The maximum absolute atomic E-state index is 12.4. The Labute approximate surface area is 135 Å². The summed E-state index contributed by atoms with van der Waals surface area (Å²) in [4.78, 5) is 26.0. The minimum Gasteiger partial charge on any atom is -0.396 e. The van der Waals surface area contributed by atoms with Crippen LogP contribution < -0.4 is 10.2 Å². The van der Waals surface area contributed by atoms with Gasteiger partial charge < -0.3 is 15.3 Å². The summed E-state index contributed by atoms with van der Waals surface area (Å²) in [5.41, 5.74) is 1.03. The zero-order valence-electron chi connectivity index (χ0n) is 12.6. The van der Waals surface area contributed by atoms with Gasteiger partial charge in [0.15, 0.2) is 0 Å². The Hall–Kier alpha value is -1.59.